The van der Waals surface area contributed by atoms with E-state index in [1.807, 2.05) is 60.7 Å². The van der Waals surface area contributed by atoms with E-state index in [1.165, 1.54) is 11.8 Å². The fourth-order valence-corrected chi connectivity index (χ4v) is 2.91. The van der Waals surface area contributed by atoms with Crippen LogP contribution in [0.3, 0.4) is 0 Å². The Balaban J connectivity index is 1.72. The van der Waals surface area contributed by atoms with Crippen molar-refractivity contribution in [2.24, 2.45) is 4.99 Å². The minimum Gasteiger partial charge on any atom is -0.490 e. The van der Waals surface area contributed by atoms with Crippen LogP contribution in [0.25, 0.3) is 6.08 Å². The van der Waals surface area contributed by atoms with Crippen LogP contribution in [0.2, 0.25) is 0 Å². The van der Waals surface area contributed by atoms with Crippen LogP contribution in [0.4, 0.5) is 5.69 Å². The van der Waals surface area contributed by atoms with Crippen molar-refractivity contribution < 1.29 is 9.53 Å². The van der Waals surface area contributed by atoms with Crippen molar-refractivity contribution in [3.8, 4) is 5.75 Å². The number of ether oxygens (including phenoxy) is 1. The number of benzene rings is 2. The lowest BCUT2D eigenvalue weighted by atomic mass is 10.2. The molecular weight excluding hydrogens is 320 g/mol. The van der Waals surface area contributed by atoms with Gasteiger partial charge >= 0.3 is 0 Å². The van der Waals surface area contributed by atoms with Gasteiger partial charge in [0.1, 0.15) is 12.4 Å². The quantitative estimate of drug-likeness (QED) is 0.659. The average Bonchev–Trinajstić information content (AvgIpc) is 2.94. The van der Waals surface area contributed by atoms with Crippen molar-refractivity contribution in [2.75, 3.05) is 6.61 Å². The molecule has 24 heavy (non-hydrogen) atoms. The molecule has 2 aromatic carbocycles. The Kier molecular flexibility index (Phi) is 5.13. The Morgan fingerprint density at radius 3 is 2.58 bits per heavy atom. The van der Waals surface area contributed by atoms with Crippen LogP contribution in [-0.4, -0.2) is 17.7 Å². The van der Waals surface area contributed by atoms with Gasteiger partial charge in [-0.05, 0) is 47.7 Å². The maximum absolute atomic E-state index is 12.1. The summed E-state index contributed by atoms with van der Waals surface area (Å²) in [5.41, 5.74) is 1.74. The standard InChI is InChI=1S/C19H16N2O2S/c1-2-12-23-16-10-8-14(9-11-16)13-17-18(22)21-19(24-17)20-15-6-4-3-5-7-15/h2-11,13H,1,12H2,(H,20,21,22)/b17-13+. The van der Waals surface area contributed by atoms with Crippen LogP contribution < -0.4 is 10.1 Å². The SMILES string of the molecule is C=CCOc1ccc(/C=C2/SC(=Nc3ccccc3)NC2=O)cc1. The zero-order chi connectivity index (χ0) is 16.8. The molecule has 2 aromatic rings. The topological polar surface area (TPSA) is 50.7 Å². The minimum atomic E-state index is -0.137. The number of rotatable bonds is 5. The molecule has 0 atom stereocenters. The van der Waals surface area contributed by atoms with Crippen LogP contribution >= 0.6 is 11.8 Å². The normalized spacial score (nSPS) is 17.1. The van der Waals surface area contributed by atoms with Gasteiger partial charge in [0.25, 0.3) is 5.91 Å². The summed E-state index contributed by atoms with van der Waals surface area (Å²) in [4.78, 5) is 17.1. The van der Waals surface area contributed by atoms with Crippen molar-refractivity contribution >= 4 is 34.6 Å². The third-order valence-corrected chi connectivity index (χ3v) is 4.09. The van der Waals surface area contributed by atoms with E-state index < -0.39 is 0 Å². The molecule has 0 bridgehead atoms. The molecule has 1 saturated heterocycles. The van der Waals surface area contributed by atoms with E-state index in [4.69, 9.17) is 4.74 Å². The van der Waals surface area contributed by atoms with Crippen molar-refractivity contribution in [3.63, 3.8) is 0 Å². The van der Waals surface area contributed by atoms with Crippen LogP contribution in [0, 0.1) is 0 Å². The molecule has 0 radical (unpaired) electrons. The lowest BCUT2D eigenvalue weighted by Crippen LogP contribution is -2.19. The van der Waals surface area contributed by atoms with Crippen molar-refractivity contribution in [1.29, 1.82) is 0 Å². The molecule has 1 N–H and O–H groups in total. The van der Waals surface area contributed by atoms with E-state index >= 15 is 0 Å². The first-order valence-electron chi connectivity index (χ1n) is 7.43. The second-order valence-electron chi connectivity index (χ2n) is 4.99. The summed E-state index contributed by atoms with van der Waals surface area (Å²) < 4.78 is 5.44. The summed E-state index contributed by atoms with van der Waals surface area (Å²) >= 11 is 1.33. The molecule has 1 aliphatic heterocycles. The molecule has 0 saturated carbocycles. The van der Waals surface area contributed by atoms with E-state index in [0.29, 0.717) is 16.7 Å². The van der Waals surface area contributed by atoms with Gasteiger partial charge in [0, 0.05) is 0 Å². The first kappa shape index (κ1) is 16.1. The molecule has 120 valence electrons. The second-order valence-corrected chi connectivity index (χ2v) is 6.02. The van der Waals surface area contributed by atoms with Crippen LogP contribution in [0.5, 0.6) is 5.75 Å². The molecule has 0 aliphatic carbocycles. The van der Waals surface area contributed by atoms with Gasteiger partial charge in [-0.15, -0.1) is 0 Å². The molecule has 1 amide bonds. The molecule has 0 unspecified atom stereocenters. The van der Waals surface area contributed by atoms with Crippen LogP contribution in [0.15, 0.2) is 77.1 Å². The van der Waals surface area contributed by atoms with Crippen LogP contribution in [-0.2, 0) is 4.79 Å². The highest BCUT2D eigenvalue weighted by molar-refractivity contribution is 8.18. The summed E-state index contributed by atoms with van der Waals surface area (Å²) in [5, 5.41) is 3.37. The van der Waals surface area contributed by atoms with Gasteiger partial charge in [0.15, 0.2) is 5.17 Å². The first-order chi connectivity index (χ1) is 11.7. The molecule has 1 aliphatic rings. The predicted molar refractivity (Wildman–Crippen MR) is 99.4 cm³/mol. The Hall–Kier alpha value is -2.79. The van der Waals surface area contributed by atoms with Gasteiger partial charge in [0.2, 0.25) is 0 Å². The van der Waals surface area contributed by atoms with Gasteiger partial charge in [-0.2, -0.15) is 0 Å². The third-order valence-electron chi connectivity index (χ3n) is 3.18. The Bertz CT molecular complexity index is 796. The number of nitrogens with zero attached hydrogens (tertiary/aromatic N) is 1. The highest BCUT2D eigenvalue weighted by Crippen LogP contribution is 2.28. The number of para-hydroxylation sites is 1. The summed E-state index contributed by atoms with van der Waals surface area (Å²) in [7, 11) is 0. The smallest absolute Gasteiger partial charge is 0.264 e. The van der Waals surface area contributed by atoms with Gasteiger partial charge in [-0.25, -0.2) is 4.99 Å². The maximum atomic E-state index is 12.1. The van der Waals surface area contributed by atoms with Crippen molar-refractivity contribution in [2.45, 2.75) is 0 Å². The molecule has 0 spiro atoms. The third kappa shape index (κ3) is 4.14. The summed E-state index contributed by atoms with van der Waals surface area (Å²) in [6, 6.07) is 17.1. The molecule has 5 heteroatoms. The Labute approximate surface area is 145 Å². The number of hydrogen-bond donors (Lipinski definition) is 1. The van der Waals surface area contributed by atoms with Gasteiger partial charge < -0.3 is 10.1 Å². The van der Waals surface area contributed by atoms with E-state index in [-0.39, 0.29) is 5.91 Å². The highest BCUT2D eigenvalue weighted by atomic mass is 32.2. The first-order valence-corrected chi connectivity index (χ1v) is 8.24. The molecule has 4 nitrogen and oxygen atoms in total. The maximum Gasteiger partial charge on any atom is 0.264 e. The fourth-order valence-electron chi connectivity index (χ4n) is 2.07. The molecule has 0 aromatic heterocycles. The Morgan fingerprint density at radius 1 is 1.12 bits per heavy atom. The number of carbonyl (C=O) groups is 1. The highest BCUT2D eigenvalue weighted by Gasteiger charge is 2.23. The van der Waals surface area contributed by atoms with E-state index in [0.717, 1.165) is 17.0 Å². The number of hydrogen-bond acceptors (Lipinski definition) is 4. The van der Waals surface area contributed by atoms with Crippen LogP contribution in [0.1, 0.15) is 5.56 Å². The number of thioether (sulfide) groups is 1. The number of nitrogens with one attached hydrogen (secondary N) is 1. The predicted octanol–water partition coefficient (Wildman–Crippen LogP) is 4.14. The minimum absolute atomic E-state index is 0.137. The van der Waals surface area contributed by atoms with Crippen molar-refractivity contribution in [1.82, 2.24) is 5.32 Å². The molecule has 1 fully saturated rings. The monoisotopic (exact) mass is 336 g/mol. The van der Waals surface area contributed by atoms with Crippen molar-refractivity contribution in [3.05, 3.63) is 77.7 Å². The fraction of sp³-hybridized carbons (Fsp3) is 0.0526. The van der Waals surface area contributed by atoms with E-state index in [1.54, 1.807) is 6.08 Å². The number of amides is 1. The Morgan fingerprint density at radius 2 is 1.88 bits per heavy atom. The second kappa shape index (κ2) is 7.66. The lowest BCUT2D eigenvalue weighted by molar-refractivity contribution is -0.115. The number of carbonyl (C=O) groups excluding carboxylic acids is 1. The zero-order valence-corrected chi connectivity index (χ0v) is 13.8. The molecule has 3 rings (SSSR count). The van der Waals surface area contributed by atoms with E-state index in [2.05, 4.69) is 16.9 Å². The summed E-state index contributed by atoms with van der Waals surface area (Å²) in [6.45, 7) is 4.08. The van der Waals surface area contributed by atoms with Gasteiger partial charge in [0.05, 0.1) is 10.6 Å². The zero-order valence-electron chi connectivity index (χ0n) is 12.9. The van der Waals surface area contributed by atoms with E-state index in [9.17, 15) is 4.79 Å². The lowest BCUT2D eigenvalue weighted by Gasteiger charge is -2.03. The number of aliphatic imine (C=N–C) groups is 1. The van der Waals surface area contributed by atoms with Gasteiger partial charge in [-0.1, -0.05) is 43.0 Å². The summed E-state index contributed by atoms with van der Waals surface area (Å²) in [5.74, 6) is 0.633. The number of amidine groups is 1. The van der Waals surface area contributed by atoms with Gasteiger partial charge in [-0.3, -0.25) is 4.79 Å². The molecule has 1 heterocycles. The molecular formula is C19H16N2O2S. The summed E-state index contributed by atoms with van der Waals surface area (Å²) in [6.07, 6.45) is 3.54. The largest absolute Gasteiger partial charge is 0.490 e. The average molecular weight is 336 g/mol.